The van der Waals surface area contributed by atoms with Crippen molar-refractivity contribution in [3.63, 3.8) is 0 Å². The first-order valence-electron chi connectivity index (χ1n) is 8.72. The Kier molecular flexibility index (Phi) is 4.68. The number of pyridine rings is 1. The van der Waals surface area contributed by atoms with Crippen molar-refractivity contribution in [3.05, 3.63) is 55.0 Å². The molecule has 1 aliphatic rings. The number of piperidine rings is 1. The van der Waals surface area contributed by atoms with E-state index in [1.54, 1.807) is 35.6 Å². The second kappa shape index (κ2) is 7.43. The number of carbonyl (C=O) groups is 1. The number of nitrogens with zero attached hydrogens (tertiary/aromatic N) is 4. The summed E-state index contributed by atoms with van der Waals surface area (Å²) in [6, 6.07) is 11.2. The van der Waals surface area contributed by atoms with Crippen LogP contribution in [0.15, 0.2) is 55.0 Å². The summed E-state index contributed by atoms with van der Waals surface area (Å²) in [5.74, 6) is 0.929. The second-order valence-electron chi connectivity index (χ2n) is 6.36. The molecule has 0 spiro atoms. The summed E-state index contributed by atoms with van der Waals surface area (Å²) in [6.07, 6.45) is 6.63. The average Bonchev–Trinajstić information content (AvgIpc) is 3.20. The Morgan fingerprint density at radius 1 is 1.15 bits per heavy atom. The predicted molar refractivity (Wildman–Crippen MR) is 95.7 cm³/mol. The first kappa shape index (κ1) is 16.4. The fraction of sp³-hybridized carbons (Fsp3) is 0.316. The molecule has 0 bridgehead atoms. The normalized spacial score (nSPS) is 15.2. The molecule has 7 heteroatoms. The molecule has 0 unspecified atom stereocenters. The van der Waals surface area contributed by atoms with Crippen molar-refractivity contribution in [2.45, 2.75) is 12.8 Å². The van der Waals surface area contributed by atoms with E-state index in [2.05, 4.69) is 10.1 Å². The zero-order valence-corrected chi connectivity index (χ0v) is 14.3. The Labute approximate surface area is 151 Å². The van der Waals surface area contributed by atoms with Crippen molar-refractivity contribution < 1.29 is 14.4 Å². The van der Waals surface area contributed by atoms with Crippen molar-refractivity contribution in [2.75, 3.05) is 19.7 Å². The van der Waals surface area contributed by atoms with Gasteiger partial charge in [-0.05, 0) is 43.0 Å². The van der Waals surface area contributed by atoms with Crippen molar-refractivity contribution in [1.82, 2.24) is 19.8 Å². The topological polar surface area (TPSA) is 69.5 Å². The highest BCUT2D eigenvalue weighted by Gasteiger charge is 2.24. The Morgan fingerprint density at radius 3 is 2.85 bits per heavy atom. The summed E-state index contributed by atoms with van der Waals surface area (Å²) in [7, 11) is 0. The minimum Gasteiger partial charge on any atom is -0.410 e. The van der Waals surface area contributed by atoms with Gasteiger partial charge in [-0.2, -0.15) is 0 Å². The van der Waals surface area contributed by atoms with E-state index in [4.69, 9.17) is 9.57 Å². The molecular weight excluding hydrogens is 332 g/mol. The molecule has 0 saturated carbocycles. The van der Waals surface area contributed by atoms with Crippen LogP contribution in [0.5, 0.6) is 5.75 Å². The summed E-state index contributed by atoms with van der Waals surface area (Å²) in [5, 5.41) is 5.04. The number of hydrogen-bond acceptors (Lipinski definition) is 5. The van der Waals surface area contributed by atoms with Gasteiger partial charge in [0.25, 0.3) is 0 Å². The quantitative estimate of drug-likeness (QED) is 0.722. The van der Waals surface area contributed by atoms with E-state index >= 15 is 0 Å². The molecule has 1 amide bonds. The largest absolute Gasteiger partial charge is 0.415 e. The molecule has 3 aromatic rings. The smallest absolute Gasteiger partial charge is 0.410 e. The first-order valence-corrected chi connectivity index (χ1v) is 8.72. The van der Waals surface area contributed by atoms with Gasteiger partial charge in [-0.25, -0.2) is 4.79 Å². The Morgan fingerprint density at radius 2 is 2.04 bits per heavy atom. The predicted octanol–water partition coefficient (Wildman–Crippen LogP) is 2.77. The molecule has 4 rings (SSSR count). The monoisotopic (exact) mass is 352 g/mol. The summed E-state index contributed by atoms with van der Waals surface area (Å²) in [5.41, 5.74) is 0.812. The fourth-order valence-electron chi connectivity index (χ4n) is 3.07. The van der Waals surface area contributed by atoms with Gasteiger partial charge in [0, 0.05) is 30.7 Å². The number of amides is 1. The maximum absolute atomic E-state index is 12.4. The molecule has 0 aliphatic carbocycles. The number of aromatic nitrogens is 3. The summed E-state index contributed by atoms with van der Waals surface area (Å²) >= 11 is 0. The molecule has 0 atom stereocenters. The number of fused-ring (bicyclic) bond motifs is 1. The van der Waals surface area contributed by atoms with Crippen LogP contribution in [-0.2, 0) is 0 Å². The number of hydrogen-bond donors (Lipinski definition) is 0. The van der Waals surface area contributed by atoms with Gasteiger partial charge in [0.05, 0.1) is 17.9 Å². The molecule has 26 heavy (non-hydrogen) atoms. The molecule has 0 N–H and O–H groups in total. The third-order valence-corrected chi connectivity index (χ3v) is 4.58. The molecular formula is C19H20N4O3. The van der Waals surface area contributed by atoms with Crippen molar-refractivity contribution in [1.29, 1.82) is 0 Å². The van der Waals surface area contributed by atoms with Crippen LogP contribution in [0.25, 0.3) is 10.9 Å². The van der Waals surface area contributed by atoms with E-state index in [1.165, 1.54) is 4.85 Å². The molecule has 0 radical (unpaired) electrons. The van der Waals surface area contributed by atoms with Crippen LogP contribution in [0.1, 0.15) is 12.8 Å². The Balaban J connectivity index is 1.28. The van der Waals surface area contributed by atoms with Crippen LogP contribution >= 0.6 is 0 Å². The molecule has 134 valence electrons. The van der Waals surface area contributed by atoms with E-state index in [9.17, 15) is 4.79 Å². The van der Waals surface area contributed by atoms with Crippen LogP contribution in [0, 0.1) is 5.92 Å². The van der Waals surface area contributed by atoms with Crippen LogP contribution in [-0.4, -0.2) is 45.6 Å². The van der Waals surface area contributed by atoms with Gasteiger partial charge < -0.3 is 14.5 Å². The molecule has 3 heterocycles. The minimum absolute atomic E-state index is 0.313. The lowest BCUT2D eigenvalue weighted by molar-refractivity contribution is 0.0366. The van der Waals surface area contributed by atoms with Gasteiger partial charge in [-0.3, -0.25) is 4.98 Å². The van der Waals surface area contributed by atoms with Gasteiger partial charge in [-0.1, -0.05) is 6.07 Å². The molecule has 7 nitrogen and oxygen atoms in total. The highest BCUT2D eigenvalue weighted by atomic mass is 16.7. The number of benzene rings is 1. The molecule has 2 aromatic heterocycles. The third-order valence-electron chi connectivity index (χ3n) is 4.58. The molecule has 1 aromatic carbocycles. The van der Waals surface area contributed by atoms with Gasteiger partial charge in [-0.15, -0.1) is 9.94 Å². The number of ether oxygens (including phenoxy) is 1. The van der Waals surface area contributed by atoms with Gasteiger partial charge in [0.15, 0.2) is 0 Å². The van der Waals surface area contributed by atoms with Gasteiger partial charge in [0.1, 0.15) is 12.4 Å². The molecule has 1 saturated heterocycles. The van der Waals surface area contributed by atoms with Gasteiger partial charge in [0.2, 0.25) is 0 Å². The molecule has 1 fully saturated rings. The van der Waals surface area contributed by atoms with E-state index in [0.717, 1.165) is 23.7 Å². The summed E-state index contributed by atoms with van der Waals surface area (Å²) < 4.78 is 5.52. The highest BCUT2D eigenvalue weighted by molar-refractivity contribution is 5.81. The lowest BCUT2D eigenvalue weighted by Crippen LogP contribution is -2.41. The van der Waals surface area contributed by atoms with Crippen molar-refractivity contribution >= 4 is 17.0 Å². The van der Waals surface area contributed by atoms with E-state index < -0.39 is 0 Å². The second-order valence-corrected chi connectivity index (χ2v) is 6.36. The number of rotatable bonds is 4. The van der Waals surface area contributed by atoms with Crippen LogP contribution < -0.4 is 9.57 Å². The highest BCUT2D eigenvalue weighted by Crippen LogP contribution is 2.21. The van der Waals surface area contributed by atoms with Crippen LogP contribution in [0.4, 0.5) is 4.79 Å². The average molecular weight is 352 g/mol. The van der Waals surface area contributed by atoms with E-state index in [1.807, 2.05) is 24.3 Å². The zero-order chi connectivity index (χ0) is 17.8. The van der Waals surface area contributed by atoms with Crippen molar-refractivity contribution in [2.24, 2.45) is 5.92 Å². The van der Waals surface area contributed by atoms with E-state index in [0.29, 0.717) is 31.4 Å². The lowest BCUT2D eigenvalue weighted by atomic mass is 9.98. The maximum Gasteiger partial charge on any atom is 0.415 e. The summed E-state index contributed by atoms with van der Waals surface area (Å²) in [6.45, 7) is 1.93. The Hall–Kier alpha value is -3.09. The molecule has 1 aliphatic heterocycles. The minimum atomic E-state index is -0.313. The fourth-order valence-corrected chi connectivity index (χ4v) is 3.07. The third kappa shape index (κ3) is 3.77. The van der Waals surface area contributed by atoms with E-state index in [-0.39, 0.29) is 6.09 Å². The lowest BCUT2D eigenvalue weighted by Gasteiger charge is -2.30. The van der Waals surface area contributed by atoms with Crippen molar-refractivity contribution in [3.8, 4) is 5.75 Å². The van der Waals surface area contributed by atoms with Crippen LogP contribution in [0.3, 0.4) is 0 Å². The standard InChI is InChI=1S/C19H20N4O3/c24-19(26-17-5-4-16-3-1-8-20-18(16)13-17)22-11-6-15(7-12-22)14-25-23-10-2-9-21-23/h1-5,8-10,13,15H,6-7,11-12,14H2. The number of likely N-dealkylation sites (tertiary alicyclic amines) is 1. The number of carbonyl (C=O) groups excluding carboxylic acids is 1. The van der Waals surface area contributed by atoms with Crippen LogP contribution in [0.2, 0.25) is 0 Å². The Bertz CT molecular complexity index is 873. The van der Waals surface area contributed by atoms with Gasteiger partial charge >= 0.3 is 6.09 Å². The summed E-state index contributed by atoms with van der Waals surface area (Å²) in [4.78, 5) is 25.5. The zero-order valence-electron chi connectivity index (χ0n) is 14.3. The maximum atomic E-state index is 12.4. The first-order chi connectivity index (χ1) is 12.8. The SMILES string of the molecule is O=C(Oc1ccc2cccnc2c1)N1CCC(COn2cccn2)CC1.